The fourth-order valence-corrected chi connectivity index (χ4v) is 16.9. The van der Waals surface area contributed by atoms with Crippen LogP contribution in [0.4, 0.5) is 0 Å². The number of carbonyl (C=O) groups excluding carboxylic acids is 5. The zero-order valence-electron chi connectivity index (χ0n) is 78.5. The number of aromatic carboxylic acids is 1. The van der Waals surface area contributed by atoms with E-state index in [4.69, 9.17) is 53.0 Å². The maximum absolute atomic E-state index is 14.4. The average Bonchev–Trinajstić information content (AvgIpc) is 0.780. The normalized spacial score (nSPS) is 13.1. The van der Waals surface area contributed by atoms with Crippen LogP contribution in [0.5, 0.6) is 0 Å². The average molecular weight is 1780 g/mol. The summed E-state index contributed by atoms with van der Waals surface area (Å²) in [4.78, 5) is 74.7. The molecule has 0 aliphatic heterocycles. The van der Waals surface area contributed by atoms with Crippen molar-refractivity contribution in [1.29, 1.82) is 5.26 Å². The predicted molar refractivity (Wildman–Crippen MR) is 526 cm³/mol. The van der Waals surface area contributed by atoms with E-state index >= 15 is 0 Å². The standard InChI is InChI=1S/C52H79NO8S2.C23H36O2.C14H30O.C9H7ClO.C9H8O2/c1-8-11-16-23-40(10-3)24-17-13-14-21-33-59-46(56)42-30-28-41(29-31-42)44(35-50(4,5)39-53)36-51(6,48(57)60-32-12-9-2)38-52(7,63-47(62)43-25-18-15-19-26-43)49(58)61-34-22-20-27-45(55)37-54;1-4-7-10-13-20(5-2)14-11-8-9-12-19-25-23(24)22-17-15-21(6-3)16-18-22;1-3-5-8-11-14(4-2)12-9-6-7-10-13-15;2*1-2-7-3-5-8(6-4-7)9(10)11/h15,18-19,25-26,28-31,40,44-45,54-55H,8-14,16-17,20-24,27,32-38H2,1-7H3;6,15-18,20H,3-5,7-14,19H2,1-2H3;14-15H,3-13H2,1-2H3;2-6H,1H2;2-6H,1H2,(H,10,11). The number of nitrogens with zero attached hydrogens (tertiary/aromatic N) is 1. The Labute approximate surface area is 769 Å². The molecule has 0 aliphatic carbocycles. The number of ether oxygens (including phenoxy) is 4. The topological polar surface area (TPSA) is 244 Å². The van der Waals surface area contributed by atoms with E-state index in [1.807, 2.05) is 82.3 Å². The van der Waals surface area contributed by atoms with Crippen molar-refractivity contribution in [2.45, 2.75) is 337 Å². The van der Waals surface area contributed by atoms with Gasteiger partial charge in [-0.05, 0) is 204 Å². The third-order valence-electron chi connectivity index (χ3n) is 23.0. The number of thioether (sulfide) groups is 1. The number of carbonyl (C=O) groups is 6. The van der Waals surface area contributed by atoms with Crippen molar-refractivity contribution < 1.29 is 68.1 Å². The molecule has 0 bridgehead atoms. The molecule has 0 aromatic heterocycles. The number of nitriles is 1. The molecule has 0 saturated carbocycles. The van der Waals surface area contributed by atoms with Crippen LogP contribution in [0.15, 0.2) is 147 Å². The summed E-state index contributed by atoms with van der Waals surface area (Å²) >= 11 is 12.3. The molecule has 0 fully saturated rings. The quantitative estimate of drug-likeness (QED) is 0.00929. The SMILES string of the molecule is C=Cc1ccc(C(=O)Cl)cc1.C=Cc1ccc(C(=O)O)cc1.C=Cc1ccc(C(=O)OCCCCCCC(CC)CCCCC)cc1.CCCCCC(CC)CCCCCCO.CCCCCC(CC)CCCCCCOC(=O)c1ccc(C(CC(C)(C)C#N)CC(C)(CC(C)(SC(=S)c2ccccc2)C(=O)OCCCCC(O)CO)C(=O)OCCCC)cc1. The molecule has 0 aliphatic rings. The van der Waals surface area contributed by atoms with Crippen molar-refractivity contribution in [3.63, 3.8) is 0 Å². The van der Waals surface area contributed by atoms with Crippen LogP contribution in [0.3, 0.4) is 0 Å². The number of rotatable bonds is 62. The van der Waals surface area contributed by atoms with Gasteiger partial charge in [0.05, 0.1) is 76.9 Å². The first-order chi connectivity index (χ1) is 60.1. The molecule has 0 saturated heterocycles. The van der Waals surface area contributed by atoms with Crippen molar-refractivity contribution in [3.05, 3.63) is 197 Å². The molecule has 0 amide bonds. The lowest BCUT2D eigenvalue weighted by molar-refractivity contribution is -0.158. The molecule has 4 N–H and O–H groups in total. The van der Waals surface area contributed by atoms with Crippen molar-refractivity contribution in [2.75, 3.05) is 39.6 Å². The highest BCUT2D eigenvalue weighted by atomic mass is 35.5. The number of hydrogen-bond acceptors (Lipinski definition) is 16. The van der Waals surface area contributed by atoms with E-state index in [0.29, 0.717) is 78.4 Å². The summed E-state index contributed by atoms with van der Waals surface area (Å²) in [5.41, 5.74) is 4.38. The van der Waals surface area contributed by atoms with Crippen molar-refractivity contribution in [2.24, 2.45) is 28.6 Å². The van der Waals surface area contributed by atoms with Crippen molar-refractivity contribution >= 4 is 93.1 Å². The lowest BCUT2D eigenvalue weighted by Crippen LogP contribution is -2.44. The van der Waals surface area contributed by atoms with Gasteiger partial charge in [-0.15, -0.1) is 0 Å². The Balaban J connectivity index is 0.00000100. The zero-order chi connectivity index (χ0) is 93.0. The van der Waals surface area contributed by atoms with Gasteiger partial charge in [0.2, 0.25) is 0 Å². The molecule has 15 nitrogen and oxygen atoms in total. The molecule has 5 rings (SSSR count). The Morgan fingerprint density at radius 1 is 0.448 bits per heavy atom. The number of carboxylic acid groups (broad SMARTS) is 1. The Morgan fingerprint density at radius 3 is 1.19 bits per heavy atom. The fraction of sp³-hybridized carbons (Fsp3) is 0.589. The molecule has 7 atom stereocenters. The highest BCUT2D eigenvalue weighted by Gasteiger charge is 2.49. The summed E-state index contributed by atoms with van der Waals surface area (Å²) in [5, 5.41) is 45.9. The smallest absolute Gasteiger partial charge is 0.338 e. The minimum absolute atomic E-state index is 0.0245. The first-order valence-corrected chi connectivity index (χ1v) is 48.7. The minimum atomic E-state index is -1.33. The largest absolute Gasteiger partial charge is 0.478 e. The molecule has 0 spiro atoms. The summed E-state index contributed by atoms with van der Waals surface area (Å²) < 4.78 is 22.0. The lowest BCUT2D eigenvalue weighted by Gasteiger charge is -2.39. The van der Waals surface area contributed by atoms with E-state index in [9.17, 15) is 44.2 Å². The van der Waals surface area contributed by atoms with Gasteiger partial charge in [-0.3, -0.25) is 14.4 Å². The van der Waals surface area contributed by atoms with E-state index in [-0.39, 0.29) is 50.5 Å². The molecular weight excluding hydrogens is 1620 g/mol. The monoisotopic (exact) mass is 1780 g/mol. The molecule has 5 aromatic carbocycles. The third kappa shape index (κ3) is 53.1. The Morgan fingerprint density at radius 2 is 0.808 bits per heavy atom. The number of aliphatic hydroxyl groups is 3. The summed E-state index contributed by atoms with van der Waals surface area (Å²) in [6.07, 6.45) is 45.9. The molecule has 0 heterocycles. The van der Waals surface area contributed by atoms with Gasteiger partial charge >= 0.3 is 29.8 Å². The van der Waals surface area contributed by atoms with Gasteiger partial charge in [-0.25, -0.2) is 14.4 Å². The first kappa shape index (κ1) is 115. The maximum Gasteiger partial charge on any atom is 0.338 e. The number of aliphatic hydroxyl groups excluding tert-OH is 3. The second-order valence-corrected chi connectivity index (χ2v) is 36.9. The molecule has 18 heteroatoms. The van der Waals surface area contributed by atoms with Crippen molar-refractivity contribution in [3.8, 4) is 6.07 Å². The van der Waals surface area contributed by atoms with Gasteiger partial charge in [0.1, 0.15) is 4.75 Å². The van der Waals surface area contributed by atoms with Crippen LogP contribution in [0.1, 0.15) is 395 Å². The number of esters is 4. The van der Waals surface area contributed by atoms with Crippen LogP contribution in [-0.2, 0) is 28.5 Å². The Bertz CT molecular complexity index is 3710. The van der Waals surface area contributed by atoms with E-state index in [1.54, 1.807) is 97.9 Å². The number of thiocarbonyl (C=S) groups is 1. The minimum Gasteiger partial charge on any atom is -0.478 e. The van der Waals surface area contributed by atoms with Gasteiger partial charge < -0.3 is 39.4 Å². The Hall–Kier alpha value is -7.56. The zero-order valence-corrected chi connectivity index (χ0v) is 80.9. The number of carboxylic acids is 1. The van der Waals surface area contributed by atoms with Gasteiger partial charge in [-0.1, -0.05) is 369 Å². The third-order valence-corrected chi connectivity index (χ3v) is 24.9. The lowest BCUT2D eigenvalue weighted by atomic mass is 9.69. The predicted octanol–water partition coefficient (Wildman–Crippen LogP) is 28.8. The van der Waals surface area contributed by atoms with Crippen LogP contribution in [0.2, 0.25) is 0 Å². The van der Waals surface area contributed by atoms with Crippen LogP contribution >= 0.6 is 35.6 Å². The second-order valence-electron chi connectivity index (χ2n) is 34.4. The molecular formula is C107H160ClNO14S2. The molecule has 125 heavy (non-hydrogen) atoms. The van der Waals surface area contributed by atoms with E-state index in [0.717, 1.165) is 90.5 Å². The summed E-state index contributed by atoms with van der Waals surface area (Å²) in [7, 11) is 0. The number of halogens is 1. The van der Waals surface area contributed by atoms with Crippen LogP contribution in [0, 0.1) is 39.9 Å². The number of benzene rings is 5. The van der Waals surface area contributed by atoms with Crippen LogP contribution in [-0.4, -0.2) is 110 Å². The highest BCUT2D eigenvalue weighted by Crippen LogP contribution is 2.48. The van der Waals surface area contributed by atoms with Crippen LogP contribution < -0.4 is 0 Å². The molecule has 0 radical (unpaired) electrons. The van der Waals surface area contributed by atoms with Crippen molar-refractivity contribution in [1.82, 2.24) is 0 Å². The van der Waals surface area contributed by atoms with E-state index in [1.165, 1.54) is 166 Å². The summed E-state index contributed by atoms with van der Waals surface area (Å²) in [6.45, 7) is 35.2. The van der Waals surface area contributed by atoms with Crippen LogP contribution in [0.25, 0.3) is 18.2 Å². The summed E-state index contributed by atoms with van der Waals surface area (Å²) in [6, 6.07) is 39.9. The highest BCUT2D eigenvalue weighted by molar-refractivity contribution is 8.25. The first-order valence-electron chi connectivity index (χ1n) is 47.1. The Kier molecular flexibility index (Phi) is 65.9. The molecule has 5 aromatic rings. The number of hydrogen-bond donors (Lipinski definition) is 4. The van der Waals surface area contributed by atoms with Gasteiger partial charge in [0.25, 0.3) is 5.24 Å². The summed E-state index contributed by atoms with van der Waals surface area (Å²) in [5.74, 6) is -0.141. The number of unbranched alkanes of at least 4 members (excludes halogenated alkanes) is 17. The van der Waals surface area contributed by atoms with E-state index in [2.05, 4.69) is 67.3 Å². The van der Waals surface area contributed by atoms with Gasteiger partial charge in [0, 0.05) is 12.2 Å². The van der Waals surface area contributed by atoms with E-state index < -0.39 is 44.8 Å². The van der Waals surface area contributed by atoms with Gasteiger partial charge in [0.15, 0.2) is 0 Å². The molecule has 696 valence electrons. The fourth-order valence-electron chi connectivity index (χ4n) is 14.9. The molecule has 7 unspecified atom stereocenters. The van der Waals surface area contributed by atoms with Gasteiger partial charge in [-0.2, -0.15) is 5.26 Å². The maximum atomic E-state index is 14.4. The second kappa shape index (κ2) is 71.4.